The highest BCUT2D eigenvalue weighted by atomic mass is 35.5. The SMILES string of the molecule is CC(C)C(CCO)Nc1c(N)cc(N)c(Cl)c1F. The van der Waals surface area contributed by atoms with Crippen molar-refractivity contribution in [2.24, 2.45) is 5.92 Å². The zero-order valence-electron chi connectivity index (χ0n) is 10.5. The standard InChI is InChI=1S/C12H19ClFN3O/c1-6(2)9(3-4-18)17-12-8(16)5-7(15)10(13)11(12)14/h5-6,9,17-18H,3-4,15-16H2,1-2H3. The molecule has 0 fully saturated rings. The quantitative estimate of drug-likeness (QED) is 0.622. The number of halogens is 2. The lowest BCUT2D eigenvalue weighted by Gasteiger charge is -2.24. The first-order valence-corrected chi connectivity index (χ1v) is 6.16. The van der Waals surface area contributed by atoms with Gasteiger partial charge in [-0.1, -0.05) is 25.4 Å². The zero-order valence-corrected chi connectivity index (χ0v) is 11.3. The molecule has 1 aromatic carbocycles. The van der Waals surface area contributed by atoms with E-state index < -0.39 is 5.82 Å². The Morgan fingerprint density at radius 1 is 1.39 bits per heavy atom. The summed E-state index contributed by atoms with van der Waals surface area (Å²) in [5.41, 5.74) is 11.7. The minimum atomic E-state index is -0.655. The number of aliphatic hydroxyl groups is 1. The van der Waals surface area contributed by atoms with Gasteiger partial charge in [0, 0.05) is 12.6 Å². The van der Waals surface area contributed by atoms with Gasteiger partial charge in [-0.05, 0) is 18.4 Å². The van der Waals surface area contributed by atoms with Crippen LogP contribution in [0.15, 0.2) is 6.07 Å². The third-order valence-corrected chi connectivity index (χ3v) is 3.22. The van der Waals surface area contributed by atoms with E-state index in [1.807, 2.05) is 13.8 Å². The highest BCUT2D eigenvalue weighted by Crippen LogP contribution is 2.34. The van der Waals surface area contributed by atoms with Gasteiger partial charge in [-0.3, -0.25) is 0 Å². The molecule has 0 aliphatic rings. The number of nitrogens with one attached hydrogen (secondary N) is 1. The van der Waals surface area contributed by atoms with Crippen molar-refractivity contribution in [1.29, 1.82) is 0 Å². The second-order valence-corrected chi connectivity index (χ2v) is 4.94. The molecule has 1 atom stereocenters. The lowest BCUT2D eigenvalue weighted by atomic mass is 10.0. The fourth-order valence-corrected chi connectivity index (χ4v) is 1.86. The van der Waals surface area contributed by atoms with Gasteiger partial charge < -0.3 is 21.9 Å². The van der Waals surface area contributed by atoms with Crippen LogP contribution < -0.4 is 16.8 Å². The van der Waals surface area contributed by atoms with Gasteiger partial charge in [0.15, 0.2) is 5.82 Å². The van der Waals surface area contributed by atoms with Crippen molar-refractivity contribution in [3.8, 4) is 0 Å². The summed E-state index contributed by atoms with van der Waals surface area (Å²) in [6.07, 6.45) is 0.499. The Balaban J connectivity index is 3.06. The van der Waals surface area contributed by atoms with Crippen LogP contribution in [-0.2, 0) is 0 Å². The van der Waals surface area contributed by atoms with Gasteiger partial charge in [-0.15, -0.1) is 0 Å². The monoisotopic (exact) mass is 275 g/mol. The Kier molecular flexibility index (Phi) is 5.04. The van der Waals surface area contributed by atoms with Crippen LogP contribution in [-0.4, -0.2) is 17.8 Å². The third kappa shape index (κ3) is 3.17. The molecule has 0 bridgehead atoms. The molecule has 0 aromatic heterocycles. The molecule has 0 amide bonds. The molecule has 102 valence electrons. The lowest BCUT2D eigenvalue weighted by Crippen LogP contribution is -2.28. The number of nitrogen functional groups attached to an aromatic ring is 2. The number of rotatable bonds is 5. The first-order valence-electron chi connectivity index (χ1n) is 5.78. The maximum absolute atomic E-state index is 14.0. The van der Waals surface area contributed by atoms with Gasteiger partial charge in [0.05, 0.1) is 17.1 Å². The molecule has 1 unspecified atom stereocenters. The topological polar surface area (TPSA) is 84.3 Å². The highest BCUT2D eigenvalue weighted by molar-refractivity contribution is 6.33. The molecule has 1 aromatic rings. The van der Waals surface area contributed by atoms with Gasteiger partial charge in [0.2, 0.25) is 0 Å². The summed E-state index contributed by atoms with van der Waals surface area (Å²) in [7, 11) is 0. The van der Waals surface area contributed by atoms with E-state index in [9.17, 15) is 4.39 Å². The molecule has 0 spiro atoms. The Morgan fingerprint density at radius 2 is 2.00 bits per heavy atom. The minimum Gasteiger partial charge on any atom is -0.397 e. The van der Waals surface area contributed by atoms with E-state index in [2.05, 4.69) is 5.32 Å². The van der Waals surface area contributed by atoms with E-state index in [1.54, 1.807) is 0 Å². The van der Waals surface area contributed by atoms with Gasteiger partial charge in [0.25, 0.3) is 0 Å². The summed E-state index contributed by atoms with van der Waals surface area (Å²) in [5, 5.41) is 11.8. The van der Waals surface area contributed by atoms with Crippen molar-refractivity contribution in [3.05, 3.63) is 16.9 Å². The molecule has 1 rings (SSSR count). The summed E-state index contributed by atoms with van der Waals surface area (Å²) >= 11 is 5.75. The molecule has 6 heteroatoms. The maximum Gasteiger partial charge on any atom is 0.169 e. The Labute approximate surface area is 111 Å². The normalized spacial score (nSPS) is 12.8. The number of hydrogen-bond donors (Lipinski definition) is 4. The van der Waals surface area contributed by atoms with Gasteiger partial charge in [-0.2, -0.15) is 0 Å². The van der Waals surface area contributed by atoms with Crippen LogP contribution >= 0.6 is 11.6 Å². The average Bonchev–Trinajstić information content (AvgIpc) is 2.30. The first kappa shape index (κ1) is 14.9. The van der Waals surface area contributed by atoms with Gasteiger partial charge in [-0.25, -0.2) is 4.39 Å². The number of nitrogens with two attached hydrogens (primary N) is 2. The van der Waals surface area contributed by atoms with E-state index in [0.29, 0.717) is 6.42 Å². The van der Waals surface area contributed by atoms with Crippen molar-refractivity contribution in [2.75, 3.05) is 23.4 Å². The molecule has 18 heavy (non-hydrogen) atoms. The molecule has 6 N–H and O–H groups in total. The van der Waals surface area contributed by atoms with Crippen LogP contribution in [0, 0.1) is 11.7 Å². The molecule has 0 radical (unpaired) electrons. The van der Waals surface area contributed by atoms with Crippen molar-refractivity contribution in [3.63, 3.8) is 0 Å². The largest absolute Gasteiger partial charge is 0.397 e. The van der Waals surface area contributed by atoms with Gasteiger partial charge >= 0.3 is 0 Å². The molecule has 0 aliphatic carbocycles. The number of anilines is 3. The average molecular weight is 276 g/mol. The smallest absolute Gasteiger partial charge is 0.169 e. The highest BCUT2D eigenvalue weighted by Gasteiger charge is 2.19. The van der Waals surface area contributed by atoms with Crippen LogP contribution in [0.2, 0.25) is 5.02 Å². The molecule has 0 heterocycles. The summed E-state index contributed by atoms with van der Waals surface area (Å²) in [6, 6.07) is 1.33. The summed E-state index contributed by atoms with van der Waals surface area (Å²) < 4.78 is 14.0. The molecule has 0 saturated carbocycles. The van der Waals surface area contributed by atoms with E-state index in [1.165, 1.54) is 6.07 Å². The maximum atomic E-state index is 14.0. The fraction of sp³-hybridized carbons (Fsp3) is 0.500. The number of hydrogen-bond acceptors (Lipinski definition) is 4. The van der Waals surface area contributed by atoms with E-state index in [0.717, 1.165) is 0 Å². The van der Waals surface area contributed by atoms with E-state index in [4.69, 9.17) is 28.2 Å². The van der Waals surface area contributed by atoms with E-state index >= 15 is 0 Å². The molecule has 0 saturated heterocycles. The second-order valence-electron chi connectivity index (χ2n) is 4.57. The fourth-order valence-electron chi connectivity index (χ4n) is 1.71. The third-order valence-electron chi connectivity index (χ3n) is 2.84. The Morgan fingerprint density at radius 3 is 2.50 bits per heavy atom. The predicted molar refractivity (Wildman–Crippen MR) is 74.2 cm³/mol. The molecule has 4 nitrogen and oxygen atoms in total. The van der Waals surface area contributed by atoms with Crippen molar-refractivity contribution in [1.82, 2.24) is 0 Å². The van der Waals surface area contributed by atoms with Crippen molar-refractivity contribution >= 4 is 28.7 Å². The van der Waals surface area contributed by atoms with Crippen LogP contribution in [0.5, 0.6) is 0 Å². The summed E-state index contributed by atoms with van der Waals surface area (Å²) in [4.78, 5) is 0. The van der Waals surface area contributed by atoms with Crippen LogP contribution in [0.3, 0.4) is 0 Å². The summed E-state index contributed by atoms with van der Waals surface area (Å²) in [6.45, 7) is 3.96. The first-order chi connectivity index (χ1) is 8.38. The van der Waals surface area contributed by atoms with E-state index in [-0.39, 0.29) is 40.7 Å². The minimum absolute atomic E-state index is 0.0140. The lowest BCUT2D eigenvalue weighted by molar-refractivity contribution is 0.267. The predicted octanol–water partition coefficient (Wildman–Crippen LogP) is 2.46. The number of aliphatic hydroxyl groups excluding tert-OH is 1. The van der Waals surface area contributed by atoms with Crippen molar-refractivity contribution in [2.45, 2.75) is 26.3 Å². The molecule has 0 aliphatic heterocycles. The number of benzene rings is 1. The van der Waals surface area contributed by atoms with Crippen LogP contribution in [0.25, 0.3) is 0 Å². The van der Waals surface area contributed by atoms with Crippen LogP contribution in [0.1, 0.15) is 20.3 Å². The zero-order chi connectivity index (χ0) is 13.9. The van der Waals surface area contributed by atoms with Crippen molar-refractivity contribution < 1.29 is 9.50 Å². The van der Waals surface area contributed by atoms with Crippen LogP contribution in [0.4, 0.5) is 21.5 Å². The Hall–Kier alpha value is -1.20. The molecular weight excluding hydrogens is 257 g/mol. The summed E-state index contributed by atoms with van der Waals surface area (Å²) in [5.74, 6) is -0.440. The molecular formula is C12H19ClFN3O. The Bertz CT molecular complexity index is 426. The second kappa shape index (κ2) is 6.11. The van der Waals surface area contributed by atoms with Gasteiger partial charge in [0.1, 0.15) is 5.02 Å².